The molecule has 1 aliphatic rings. The van der Waals surface area contributed by atoms with Crippen molar-refractivity contribution in [2.45, 2.75) is 19.3 Å². The maximum Gasteiger partial charge on any atom is 0.163 e. The largest absolute Gasteiger partial charge is 0.456 e. The van der Waals surface area contributed by atoms with Gasteiger partial charge in [-0.05, 0) is 69.8 Å². The van der Waals surface area contributed by atoms with E-state index in [0.29, 0.717) is 5.84 Å². The van der Waals surface area contributed by atoms with Crippen molar-refractivity contribution in [3.8, 4) is 27.9 Å². The monoisotopic (exact) mass is 847 g/mol. The summed E-state index contributed by atoms with van der Waals surface area (Å²) in [7, 11) is 0. The number of hydrogen-bond donors (Lipinski definition) is 1. The summed E-state index contributed by atoms with van der Waals surface area (Å²) < 4.78 is 11.3. The summed E-state index contributed by atoms with van der Waals surface area (Å²) in [5.41, 5.74) is 15.3. The van der Waals surface area contributed by atoms with Gasteiger partial charge in [0.25, 0.3) is 0 Å². The molecule has 0 bridgehead atoms. The fraction of sp³-hybridized carbons (Fsp3) is 0.0500. The number of nitrogens with zero attached hydrogens (tertiary/aromatic N) is 4. The number of benzene rings is 9. The normalized spacial score (nSPS) is 13.5. The number of hydrogen-bond acceptors (Lipinski definition) is 2. The van der Waals surface area contributed by atoms with E-state index in [0.717, 1.165) is 105 Å². The number of para-hydroxylation sites is 2. The molecule has 9 aromatic carbocycles. The highest BCUT2D eigenvalue weighted by Crippen LogP contribution is 2.50. The lowest BCUT2D eigenvalue weighted by Crippen LogP contribution is -2.15. The van der Waals surface area contributed by atoms with Crippen LogP contribution in [0.1, 0.15) is 36.1 Å². The summed E-state index contributed by atoms with van der Waals surface area (Å²) >= 11 is 0. The van der Waals surface area contributed by atoms with E-state index in [1.54, 1.807) is 0 Å². The molecule has 66 heavy (non-hydrogen) atoms. The lowest BCUT2D eigenvalue weighted by molar-refractivity contribution is 0.660. The fourth-order valence-corrected chi connectivity index (χ4v) is 10.6. The Kier molecular flexibility index (Phi) is 8.30. The van der Waals surface area contributed by atoms with E-state index in [1.165, 1.54) is 11.1 Å². The third-order valence-corrected chi connectivity index (χ3v) is 13.7. The lowest BCUT2D eigenvalue weighted by Gasteiger charge is -2.21. The van der Waals surface area contributed by atoms with Crippen molar-refractivity contribution in [1.82, 2.24) is 9.13 Å². The van der Waals surface area contributed by atoms with E-state index in [9.17, 15) is 5.41 Å². The van der Waals surface area contributed by atoms with E-state index < -0.39 is 0 Å². The number of aromatic nitrogens is 2. The van der Waals surface area contributed by atoms with Gasteiger partial charge in [-0.3, -0.25) is 9.98 Å². The standard InChI is InChI=1S/C60H41N5O/c1-60(2)49-24-12-9-22-47(49)55-48(23-15-25-50(55)60)58(61)63-59(38-18-7-4-8-19-38)62-36-64-51-26-13-10-20-41(51)45-32-33-46-42-21-11-14-27-52(42)65(57(46)56(45)64)40-29-31-44-43-30-28-39(37-16-5-3-6-17-37)34-53(43)66-54(44)35-40/h3-36,61H,1-2H3/b61-58?,62-36+,63-59-. The van der Waals surface area contributed by atoms with Gasteiger partial charge in [0, 0.05) is 54.9 Å². The van der Waals surface area contributed by atoms with Crippen molar-refractivity contribution in [2.75, 3.05) is 0 Å². The van der Waals surface area contributed by atoms with Gasteiger partial charge in [-0.2, -0.15) is 0 Å². The van der Waals surface area contributed by atoms with Crippen molar-refractivity contribution in [3.63, 3.8) is 0 Å². The minimum Gasteiger partial charge on any atom is -0.456 e. The van der Waals surface area contributed by atoms with Gasteiger partial charge in [-0.1, -0.05) is 172 Å². The van der Waals surface area contributed by atoms with Crippen molar-refractivity contribution in [1.29, 1.82) is 5.41 Å². The van der Waals surface area contributed by atoms with E-state index >= 15 is 0 Å². The molecule has 0 amide bonds. The zero-order chi connectivity index (χ0) is 44.1. The third-order valence-electron chi connectivity index (χ3n) is 13.7. The first-order valence-corrected chi connectivity index (χ1v) is 22.4. The lowest BCUT2D eigenvalue weighted by atomic mass is 9.82. The SMILES string of the molecule is CC1(C)c2ccccc2-c2c(C(=N)/N=C(\N=C\n3c4ccccc4c4ccc5c6ccccc6n(-c6ccc7c(c6)oc6cc(-c8ccccc8)ccc67)c5c43)c3ccccc3)cccc21. The molecule has 0 saturated carbocycles. The van der Waals surface area contributed by atoms with Crippen LogP contribution < -0.4 is 0 Å². The molecule has 6 heteroatoms. The molecule has 0 atom stereocenters. The zero-order valence-corrected chi connectivity index (χ0v) is 36.3. The van der Waals surface area contributed by atoms with Crippen LogP contribution in [0.2, 0.25) is 0 Å². The first-order chi connectivity index (χ1) is 32.4. The van der Waals surface area contributed by atoms with Crippen molar-refractivity contribution >= 4 is 83.6 Å². The van der Waals surface area contributed by atoms with Gasteiger partial charge < -0.3 is 8.98 Å². The average Bonchev–Trinajstić information content (AvgIpc) is 4.07. The highest BCUT2D eigenvalue weighted by atomic mass is 16.3. The van der Waals surface area contributed by atoms with Crippen molar-refractivity contribution in [3.05, 3.63) is 222 Å². The number of nitrogens with one attached hydrogen (secondary N) is 1. The molecule has 0 unspecified atom stereocenters. The Morgan fingerprint density at radius 3 is 1.95 bits per heavy atom. The van der Waals surface area contributed by atoms with Gasteiger partial charge in [0.1, 0.15) is 17.5 Å². The Morgan fingerprint density at radius 2 is 1.15 bits per heavy atom. The van der Waals surface area contributed by atoms with Gasteiger partial charge in [-0.15, -0.1) is 0 Å². The molecule has 0 aliphatic heterocycles. The predicted molar refractivity (Wildman–Crippen MR) is 274 cm³/mol. The predicted octanol–water partition coefficient (Wildman–Crippen LogP) is 15.1. The van der Waals surface area contributed by atoms with Crippen LogP contribution in [0, 0.1) is 5.41 Å². The first-order valence-electron chi connectivity index (χ1n) is 22.4. The molecule has 0 saturated heterocycles. The van der Waals surface area contributed by atoms with E-state index in [2.05, 4.69) is 175 Å². The Labute approximate surface area is 380 Å². The first kappa shape index (κ1) is 37.9. The minimum absolute atomic E-state index is 0.164. The summed E-state index contributed by atoms with van der Waals surface area (Å²) in [5, 5.41) is 16.3. The average molecular weight is 848 g/mol. The highest BCUT2D eigenvalue weighted by molar-refractivity contribution is 6.25. The van der Waals surface area contributed by atoms with Gasteiger partial charge in [-0.25, -0.2) is 9.98 Å². The highest BCUT2D eigenvalue weighted by Gasteiger charge is 2.37. The van der Waals surface area contributed by atoms with Gasteiger partial charge in [0.05, 0.1) is 27.8 Å². The summed E-state index contributed by atoms with van der Waals surface area (Å²) in [6.45, 7) is 4.52. The van der Waals surface area contributed by atoms with Crippen LogP contribution in [0.15, 0.2) is 215 Å². The molecule has 6 nitrogen and oxygen atoms in total. The molecule has 0 fully saturated rings. The molecular weight excluding hydrogens is 807 g/mol. The van der Waals surface area contributed by atoms with Crippen molar-refractivity contribution < 1.29 is 4.42 Å². The third kappa shape index (κ3) is 5.64. The number of amidine groups is 2. The molecular formula is C60H41N5O. The molecule has 0 spiro atoms. The number of rotatable bonds is 5. The maximum absolute atomic E-state index is 9.62. The van der Waals surface area contributed by atoms with Gasteiger partial charge in [0.2, 0.25) is 0 Å². The number of aliphatic imine (C=N–C) groups is 2. The molecule has 1 aliphatic carbocycles. The quantitative estimate of drug-likeness (QED) is 0.136. The van der Waals surface area contributed by atoms with Gasteiger partial charge in [0.15, 0.2) is 11.7 Å². The summed E-state index contributed by atoms with van der Waals surface area (Å²) in [6, 6.07) is 69.9. The number of fused-ring (bicyclic) bond motifs is 13. The van der Waals surface area contributed by atoms with Crippen LogP contribution in [0.5, 0.6) is 0 Å². The zero-order valence-electron chi connectivity index (χ0n) is 36.3. The molecule has 0 radical (unpaired) electrons. The van der Waals surface area contributed by atoms with Crippen molar-refractivity contribution in [2.24, 2.45) is 9.98 Å². The van der Waals surface area contributed by atoms with Crippen LogP contribution in [0.25, 0.3) is 93.5 Å². The Balaban J connectivity index is 1.01. The smallest absolute Gasteiger partial charge is 0.163 e. The van der Waals surface area contributed by atoms with Gasteiger partial charge >= 0.3 is 0 Å². The minimum atomic E-state index is -0.193. The van der Waals surface area contributed by atoms with Crippen LogP contribution in [-0.4, -0.2) is 27.1 Å². The summed E-state index contributed by atoms with van der Waals surface area (Å²) in [5.74, 6) is 0.616. The van der Waals surface area contributed by atoms with Crippen LogP contribution in [-0.2, 0) is 5.41 Å². The fourth-order valence-electron chi connectivity index (χ4n) is 10.6. The van der Waals surface area contributed by atoms with E-state index in [-0.39, 0.29) is 11.3 Å². The Morgan fingerprint density at radius 1 is 0.530 bits per heavy atom. The maximum atomic E-state index is 9.62. The molecule has 312 valence electrons. The Hall–Kier alpha value is -8.61. The van der Waals surface area contributed by atoms with Crippen LogP contribution in [0.4, 0.5) is 0 Å². The molecule has 12 aromatic rings. The second kappa shape index (κ2) is 14.5. The second-order valence-corrected chi connectivity index (χ2v) is 17.8. The summed E-state index contributed by atoms with van der Waals surface area (Å²) in [4.78, 5) is 10.3. The summed E-state index contributed by atoms with van der Waals surface area (Å²) in [6.07, 6.45) is 1.89. The molecule has 3 heterocycles. The molecule has 1 N–H and O–H groups in total. The van der Waals surface area contributed by atoms with E-state index in [4.69, 9.17) is 14.4 Å². The van der Waals surface area contributed by atoms with E-state index in [1.807, 2.05) is 54.9 Å². The second-order valence-electron chi connectivity index (χ2n) is 17.8. The van der Waals surface area contributed by atoms with Crippen LogP contribution in [0.3, 0.4) is 0 Å². The number of furan rings is 1. The molecule has 13 rings (SSSR count). The topological polar surface area (TPSA) is 71.6 Å². The molecule has 3 aromatic heterocycles. The Bertz CT molecular complexity index is 4030. The van der Waals surface area contributed by atoms with Crippen LogP contribution >= 0.6 is 0 Å².